The van der Waals surface area contributed by atoms with Crippen molar-refractivity contribution in [1.29, 1.82) is 0 Å². The van der Waals surface area contributed by atoms with Crippen LogP contribution >= 0.6 is 0 Å². The van der Waals surface area contributed by atoms with Crippen LogP contribution in [0.15, 0.2) is 24.3 Å². The third-order valence-electron chi connectivity index (χ3n) is 3.59. The minimum Gasteiger partial charge on any atom is -0.372 e. The molecule has 1 N–H and O–H groups in total. The Labute approximate surface area is 119 Å². The van der Waals surface area contributed by atoms with Gasteiger partial charge in [0.15, 0.2) is 0 Å². The van der Waals surface area contributed by atoms with Crippen LogP contribution in [0, 0.1) is 5.92 Å². The molecule has 2 nitrogen and oxygen atoms in total. The molecule has 0 radical (unpaired) electrons. The summed E-state index contributed by atoms with van der Waals surface area (Å²) in [6.07, 6.45) is 2.41. The van der Waals surface area contributed by atoms with Gasteiger partial charge in [-0.2, -0.15) is 0 Å². The van der Waals surface area contributed by atoms with Crippen LogP contribution in [0.2, 0.25) is 0 Å². The van der Waals surface area contributed by atoms with Crippen LogP contribution < -0.4 is 10.2 Å². The SMILES string of the molecule is CCCNCc1ccccc1N(C)C(C)CC(C)C. The van der Waals surface area contributed by atoms with Crippen LogP contribution in [-0.4, -0.2) is 19.6 Å². The lowest BCUT2D eigenvalue weighted by Gasteiger charge is -2.30. The molecule has 0 aliphatic rings. The van der Waals surface area contributed by atoms with Gasteiger partial charge >= 0.3 is 0 Å². The van der Waals surface area contributed by atoms with Crippen molar-refractivity contribution in [3.8, 4) is 0 Å². The van der Waals surface area contributed by atoms with E-state index < -0.39 is 0 Å². The van der Waals surface area contributed by atoms with E-state index in [-0.39, 0.29) is 0 Å². The highest BCUT2D eigenvalue weighted by molar-refractivity contribution is 5.53. The normalized spacial score (nSPS) is 12.7. The maximum absolute atomic E-state index is 3.50. The topological polar surface area (TPSA) is 15.3 Å². The molecule has 0 aliphatic heterocycles. The summed E-state index contributed by atoms with van der Waals surface area (Å²) < 4.78 is 0. The molecule has 0 spiro atoms. The molecule has 0 bridgehead atoms. The van der Waals surface area contributed by atoms with E-state index in [1.165, 1.54) is 24.1 Å². The van der Waals surface area contributed by atoms with Crippen LogP contribution in [0.25, 0.3) is 0 Å². The predicted molar refractivity (Wildman–Crippen MR) is 85.8 cm³/mol. The van der Waals surface area contributed by atoms with E-state index in [2.05, 4.69) is 69.2 Å². The molecule has 0 saturated heterocycles. The summed E-state index contributed by atoms with van der Waals surface area (Å²) in [7, 11) is 2.21. The molecule has 0 aliphatic carbocycles. The number of anilines is 1. The fourth-order valence-corrected chi connectivity index (χ4v) is 2.48. The minimum atomic E-state index is 0.576. The Morgan fingerprint density at radius 1 is 1.16 bits per heavy atom. The van der Waals surface area contributed by atoms with Crippen molar-refractivity contribution in [2.45, 2.75) is 53.1 Å². The molecule has 0 amide bonds. The van der Waals surface area contributed by atoms with Crippen LogP contribution in [0.5, 0.6) is 0 Å². The monoisotopic (exact) mass is 262 g/mol. The van der Waals surface area contributed by atoms with Gasteiger partial charge in [-0.25, -0.2) is 0 Å². The summed E-state index contributed by atoms with van der Waals surface area (Å²) in [6.45, 7) is 11.1. The minimum absolute atomic E-state index is 0.576. The highest BCUT2D eigenvalue weighted by atomic mass is 15.1. The highest BCUT2D eigenvalue weighted by Gasteiger charge is 2.14. The van der Waals surface area contributed by atoms with Crippen LogP contribution in [0.4, 0.5) is 5.69 Å². The van der Waals surface area contributed by atoms with Crippen molar-refractivity contribution < 1.29 is 0 Å². The number of nitrogens with one attached hydrogen (secondary N) is 1. The van der Waals surface area contributed by atoms with E-state index in [0.717, 1.165) is 19.0 Å². The lowest BCUT2D eigenvalue weighted by Crippen LogP contribution is -2.31. The van der Waals surface area contributed by atoms with Gasteiger partial charge < -0.3 is 10.2 Å². The summed E-state index contributed by atoms with van der Waals surface area (Å²) in [5.74, 6) is 0.739. The Morgan fingerprint density at radius 2 is 1.84 bits per heavy atom. The van der Waals surface area contributed by atoms with Crippen LogP contribution in [-0.2, 0) is 6.54 Å². The van der Waals surface area contributed by atoms with Gasteiger partial charge in [-0.05, 0) is 43.9 Å². The first-order valence-electron chi connectivity index (χ1n) is 7.57. The van der Waals surface area contributed by atoms with Gasteiger partial charge in [0.05, 0.1) is 0 Å². The van der Waals surface area contributed by atoms with Gasteiger partial charge in [0.1, 0.15) is 0 Å². The van der Waals surface area contributed by atoms with Gasteiger partial charge in [-0.1, -0.05) is 39.0 Å². The zero-order valence-corrected chi connectivity index (χ0v) is 13.2. The smallest absolute Gasteiger partial charge is 0.0411 e. The van der Waals surface area contributed by atoms with Crippen molar-refractivity contribution >= 4 is 5.69 Å². The van der Waals surface area contributed by atoms with Crippen molar-refractivity contribution in [3.63, 3.8) is 0 Å². The summed E-state index contributed by atoms with van der Waals surface area (Å²) in [5.41, 5.74) is 2.76. The lowest BCUT2D eigenvalue weighted by molar-refractivity contribution is 0.503. The molecule has 1 aromatic rings. The molecule has 0 fully saturated rings. The Balaban J connectivity index is 2.74. The second-order valence-electron chi connectivity index (χ2n) is 5.89. The van der Waals surface area contributed by atoms with Crippen LogP contribution in [0.1, 0.15) is 46.1 Å². The number of hydrogen-bond donors (Lipinski definition) is 1. The van der Waals surface area contributed by atoms with Gasteiger partial charge in [0.2, 0.25) is 0 Å². The average molecular weight is 262 g/mol. The molecule has 0 heterocycles. The van der Waals surface area contributed by atoms with Gasteiger partial charge in [0.25, 0.3) is 0 Å². The number of rotatable bonds is 8. The predicted octanol–water partition coefficient (Wildman–Crippen LogP) is 4.06. The zero-order valence-electron chi connectivity index (χ0n) is 13.2. The van der Waals surface area contributed by atoms with Gasteiger partial charge in [0, 0.05) is 25.3 Å². The summed E-state index contributed by atoms with van der Waals surface area (Å²) in [6, 6.07) is 9.31. The molecule has 1 rings (SSSR count). The molecule has 19 heavy (non-hydrogen) atoms. The number of hydrogen-bond acceptors (Lipinski definition) is 2. The highest BCUT2D eigenvalue weighted by Crippen LogP contribution is 2.23. The molecular weight excluding hydrogens is 232 g/mol. The first kappa shape index (κ1) is 16.0. The second-order valence-corrected chi connectivity index (χ2v) is 5.89. The average Bonchev–Trinajstić information content (AvgIpc) is 2.38. The van der Waals surface area contributed by atoms with E-state index in [1.54, 1.807) is 0 Å². The van der Waals surface area contributed by atoms with E-state index in [9.17, 15) is 0 Å². The molecule has 1 atom stereocenters. The van der Waals surface area contributed by atoms with Crippen molar-refractivity contribution in [2.75, 3.05) is 18.5 Å². The fraction of sp³-hybridized carbons (Fsp3) is 0.647. The Hall–Kier alpha value is -1.02. The van der Waals surface area contributed by atoms with E-state index in [0.29, 0.717) is 6.04 Å². The maximum atomic E-state index is 3.50. The third-order valence-corrected chi connectivity index (χ3v) is 3.59. The van der Waals surface area contributed by atoms with Crippen molar-refractivity contribution in [2.24, 2.45) is 5.92 Å². The van der Waals surface area contributed by atoms with E-state index in [1.807, 2.05) is 0 Å². The van der Waals surface area contributed by atoms with Crippen LogP contribution in [0.3, 0.4) is 0 Å². The molecule has 2 heteroatoms. The first-order chi connectivity index (χ1) is 9.06. The summed E-state index contributed by atoms with van der Waals surface area (Å²) in [4.78, 5) is 2.42. The maximum Gasteiger partial charge on any atom is 0.0411 e. The number of benzene rings is 1. The first-order valence-corrected chi connectivity index (χ1v) is 7.57. The fourth-order valence-electron chi connectivity index (χ4n) is 2.48. The largest absolute Gasteiger partial charge is 0.372 e. The molecule has 0 aromatic heterocycles. The molecule has 108 valence electrons. The number of para-hydroxylation sites is 1. The summed E-state index contributed by atoms with van der Waals surface area (Å²) >= 11 is 0. The zero-order chi connectivity index (χ0) is 14.3. The van der Waals surface area contributed by atoms with Crippen molar-refractivity contribution in [3.05, 3.63) is 29.8 Å². The molecule has 1 unspecified atom stereocenters. The van der Waals surface area contributed by atoms with E-state index in [4.69, 9.17) is 0 Å². The Kier molecular flexibility index (Phi) is 6.93. The molecular formula is C17H30N2. The standard InChI is InChI=1S/C17H30N2/c1-6-11-18-13-16-9-7-8-10-17(16)19(5)15(4)12-14(2)3/h7-10,14-15,18H,6,11-13H2,1-5H3. The Morgan fingerprint density at radius 3 is 2.47 bits per heavy atom. The Bertz CT molecular complexity index is 360. The van der Waals surface area contributed by atoms with E-state index >= 15 is 0 Å². The number of nitrogens with zero attached hydrogens (tertiary/aromatic N) is 1. The quantitative estimate of drug-likeness (QED) is 0.711. The molecule has 1 aromatic carbocycles. The lowest BCUT2D eigenvalue weighted by atomic mass is 10.0. The second kappa shape index (κ2) is 8.21. The van der Waals surface area contributed by atoms with Gasteiger partial charge in [-0.15, -0.1) is 0 Å². The van der Waals surface area contributed by atoms with Crippen molar-refractivity contribution in [1.82, 2.24) is 5.32 Å². The third kappa shape index (κ3) is 5.23. The molecule has 0 saturated carbocycles. The summed E-state index contributed by atoms with van der Waals surface area (Å²) in [5, 5.41) is 3.50. The van der Waals surface area contributed by atoms with Gasteiger partial charge in [-0.3, -0.25) is 0 Å².